The Morgan fingerprint density at radius 3 is 2.71 bits per heavy atom. The van der Waals surface area contributed by atoms with Gasteiger partial charge in [-0.3, -0.25) is 9.48 Å². The fourth-order valence-corrected chi connectivity index (χ4v) is 3.28. The van der Waals surface area contributed by atoms with Gasteiger partial charge in [-0.25, -0.2) is 9.18 Å². The third-order valence-corrected chi connectivity index (χ3v) is 4.82. The van der Waals surface area contributed by atoms with Crippen molar-refractivity contribution in [3.63, 3.8) is 0 Å². The molecule has 0 spiro atoms. The number of carbonyl (C=O) groups excluding carboxylic acids is 2. The van der Waals surface area contributed by atoms with Crippen LogP contribution in [0.4, 0.5) is 15.0 Å². The van der Waals surface area contributed by atoms with Crippen molar-refractivity contribution in [3.05, 3.63) is 42.3 Å². The van der Waals surface area contributed by atoms with Crippen LogP contribution >= 0.6 is 0 Å². The van der Waals surface area contributed by atoms with Crippen molar-refractivity contribution in [2.75, 3.05) is 18.4 Å². The first-order valence-electron chi connectivity index (χ1n) is 10.4. The summed E-state index contributed by atoms with van der Waals surface area (Å²) in [5, 5.41) is 7.14. The molecule has 168 valence electrons. The first-order valence-corrected chi connectivity index (χ1v) is 10.4. The van der Waals surface area contributed by atoms with Gasteiger partial charge in [0.05, 0.1) is 6.04 Å². The molecule has 1 saturated heterocycles. The largest absolute Gasteiger partial charge is 0.478 e. The molecule has 8 nitrogen and oxygen atoms in total. The van der Waals surface area contributed by atoms with E-state index in [2.05, 4.69) is 10.4 Å². The molecule has 1 aromatic heterocycles. The van der Waals surface area contributed by atoms with E-state index in [1.54, 1.807) is 40.9 Å². The predicted octanol–water partition coefficient (Wildman–Crippen LogP) is 4.00. The number of hydrogen-bond donors (Lipinski definition) is 1. The second kappa shape index (κ2) is 9.36. The zero-order valence-electron chi connectivity index (χ0n) is 18.3. The fraction of sp³-hybridized carbons (Fsp3) is 0.500. The zero-order valence-corrected chi connectivity index (χ0v) is 18.3. The van der Waals surface area contributed by atoms with Gasteiger partial charge in [0, 0.05) is 25.4 Å². The highest BCUT2D eigenvalue weighted by Crippen LogP contribution is 2.24. The van der Waals surface area contributed by atoms with Gasteiger partial charge in [-0.1, -0.05) is 19.1 Å². The summed E-state index contributed by atoms with van der Waals surface area (Å²) in [6.07, 6.45) is 1.68. The van der Waals surface area contributed by atoms with Crippen LogP contribution in [0.2, 0.25) is 0 Å². The van der Waals surface area contributed by atoms with Crippen LogP contribution in [0.25, 0.3) is 0 Å². The average molecular weight is 432 g/mol. The maximum absolute atomic E-state index is 13.8. The van der Waals surface area contributed by atoms with E-state index in [0.29, 0.717) is 25.3 Å². The molecule has 2 atom stereocenters. The van der Waals surface area contributed by atoms with E-state index in [0.717, 1.165) is 6.42 Å². The number of aromatic nitrogens is 2. The summed E-state index contributed by atoms with van der Waals surface area (Å²) in [6.45, 7) is 8.35. The first-order chi connectivity index (χ1) is 14.7. The molecule has 0 aliphatic carbocycles. The molecule has 31 heavy (non-hydrogen) atoms. The van der Waals surface area contributed by atoms with Crippen molar-refractivity contribution >= 4 is 17.8 Å². The molecule has 1 aromatic carbocycles. The van der Waals surface area contributed by atoms with Crippen LogP contribution in [-0.2, 0) is 9.53 Å². The van der Waals surface area contributed by atoms with Crippen molar-refractivity contribution in [2.24, 2.45) is 0 Å². The third kappa shape index (κ3) is 5.96. The van der Waals surface area contributed by atoms with E-state index in [-0.39, 0.29) is 17.9 Å². The lowest BCUT2D eigenvalue weighted by atomic mass is 10.2. The maximum atomic E-state index is 13.8. The van der Waals surface area contributed by atoms with Gasteiger partial charge in [0.1, 0.15) is 5.60 Å². The molecule has 3 rings (SSSR count). The molecule has 1 N–H and O–H groups in total. The molecule has 1 aliphatic heterocycles. The van der Waals surface area contributed by atoms with Gasteiger partial charge >= 0.3 is 6.09 Å². The highest BCUT2D eigenvalue weighted by atomic mass is 19.1. The van der Waals surface area contributed by atoms with Gasteiger partial charge in [-0.05, 0) is 45.7 Å². The molecule has 0 saturated carbocycles. The number of likely N-dealkylation sites (tertiary alicyclic amines) is 1. The number of hydrogen-bond acceptors (Lipinski definition) is 5. The third-order valence-electron chi connectivity index (χ3n) is 4.82. The minimum atomic E-state index is -0.851. The zero-order chi connectivity index (χ0) is 22.6. The Morgan fingerprint density at radius 1 is 1.29 bits per heavy atom. The standard InChI is InChI=1S/C22H29FN4O4/c1-5-17(30-18-9-7-6-8-16(18)23)20(28)24-19-11-13-27(25-19)15-10-12-26(14-15)21(29)31-22(2,3)4/h6-9,11,13,15,17H,5,10,12,14H2,1-4H3,(H,24,25,28)/t15-,17-/m0/s1. The quantitative estimate of drug-likeness (QED) is 0.746. The minimum absolute atomic E-state index is 0.00481. The number of carbonyl (C=O) groups is 2. The molecule has 2 amide bonds. The summed E-state index contributed by atoms with van der Waals surface area (Å²) >= 11 is 0. The van der Waals surface area contributed by atoms with E-state index >= 15 is 0 Å². The van der Waals surface area contributed by atoms with Gasteiger partial charge < -0.3 is 19.7 Å². The molecular formula is C22H29FN4O4. The smallest absolute Gasteiger partial charge is 0.410 e. The Balaban J connectivity index is 1.57. The number of ether oxygens (including phenoxy) is 2. The van der Waals surface area contributed by atoms with Crippen LogP contribution in [-0.4, -0.2) is 51.5 Å². The minimum Gasteiger partial charge on any atom is -0.478 e. The summed E-state index contributed by atoms with van der Waals surface area (Å²) in [5.41, 5.74) is -0.543. The molecule has 0 radical (unpaired) electrons. The number of benzene rings is 1. The van der Waals surface area contributed by atoms with Crippen molar-refractivity contribution in [3.8, 4) is 5.75 Å². The van der Waals surface area contributed by atoms with E-state index < -0.39 is 23.4 Å². The predicted molar refractivity (Wildman–Crippen MR) is 113 cm³/mol. The van der Waals surface area contributed by atoms with Crippen LogP contribution in [0, 0.1) is 5.82 Å². The topological polar surface area (TPSA) is 85.7 Å². The highest BCUT2D eigenvalue weighted by molar-refractivity contribution is 5.93. The molecular weight excluding hydrogens is 403 g/mol. The second-order valence-corrected chi connectivity index (χ2v) is 8.48. The van der Waals surface area contributed by atoms with Crippen molar-refractivity contribution < 1.29 is 23.5 Å². The summed E-state index contributed by atoms with van der Waals surface area (Å²) in [5.74, 6) is -0.522. The lowest BCUT2D eigenvalue weighted by Gasteiger charge is -2.24. The van der Waals surface area contributed by atoms with Crippen molar-refractivity contribution in [2.45, 2.75) is 58.3 Å². The Hall–Kier alpha value is -3.10. The van der Waals surface area contributed by atoms with E-state index in [1.165, 1.54) is 12.1 Å². The van der Waals surface area contributed by atoms with Crippen LogP contribution in [0.5, 0.6) is 5.75 Å². The maximum Gasteiger partial charge on any atom is 0.410 e. The summed E-state index contributed by atoms with van der Waals surface area (Å²) in [6, 6.07) is 7.65. The van der Waals surface area contributed by atoms with Gasteiger partial charge in [0.2, 0.25) is 0 Å². The Labute approximate surface area is 181 Å². The van der Waals surface area contributed by atoms with Gasteiger partial charge in [-0.2, -0.15) is 5.10 Å². The number of rotatable bonds is 6. The van der Waals surface area contributed by atoms with Crippen LogP contribution in [0.15, 0.2) is 36.5 Å². The number of amides is 2. The molecule has 1 aliphatic rings. The number of nitrogens with one attached hydrogen (secondary N) is 1. The van der Waals surface area contributed by atoms with Crippen molar-refractivity contribution in [1.29, 1.82) is 0 Å². The lowest BCUT2D eigenvalue weighted by Crippen LogP contribution is -2.35. The normalized spacial score (nSPS) is 17.3. The van der Waals surface area contributed by atoms with E-state index in [9.17, 15) is 14.0 Å². The molecule has 1 fully saturated rings. The van der Waals surface area contributed by atoms with Crippen LogP contribution in [0.3, 0.4) is 0 Å². The summed E-state index contributed by atoms with van der Waals surface area (Å²) in [7, 11) is 0. The average Bonchev–Trinajstić information content (AvgIpc) is 3.35. The number of para-hydroxylation sites is 1. The van der Waals surface area contributed by atoms with E-state index in [4.69, 9.17) is 9.47 Å². The highest BCUT2D eigenvalue weighted by Gasteiger charge is 2.31. The first kappa shape index (κ1) is 22.6. The van der Waals surface area contributed by atoms with Crippen LogP contribution in [0.1, 0.15) is 46.6 Å². The molecule has 2 heterocycles. The fourth-order valence-electron chi connectivity index (χ4n) is 3.28. The van der Waals surface area contributed by atoms with Gasteiger partial charge in [0.25, 0.3) is 5.91 Å². The number of halogens is 1. The van der Waals surface area contributed by atoms with Gasteiger partial charge in [-0.15, -0.1) is 0 Å². The number of nitrogens with zero attached hydrogens (tertiary/aromatic N) is 3. The Morgan fingerprint density at radius 2 is 2.03 bits per heavy atom. The monoisotopic (exact) mass is 432 g/mol. The molecule has 2 aromatic rings. The second-order valence-electron chi connectivity index (χ2n) is 8.48. The van der Waals surface area contributed by atoms with Crippen LogP contribution < -0.4 is 10.1 Å². The molecule has 9 heteroatoms. The lowest BCUT2D eigenvalue weighted by molar-refractivity contribution is -0.122. The molecule has 0 bridgehead atoms. The van der Waals surface area contributed by atoms with Gasteiger partial charge in [0.15, 0.2) is 23.5 Å². The number of anilines is 1. The SMILES string of the molecule is CC[C@H](Oc1ccccc1F)C(=O)Nc1ccn([C@H]2CCN(C(=O)OC(C)(C)C)C2)n1. The molecule has 0 unspecified atom stereocenters. The Kier molecular flexibility index (Phi) is 6.82. The Bertz CT molecular complexity index is 924. The summed E-state index contributed by atoms with van der Waals surface area (Å²) < 4.78 is 26.5. The van der Waals surface area contributed by atoms with Crippen molar-refractivity contribution in [1.82, 2.24) is 14.7 Å². The summed E-state index contributed by atoms with van der Waals surface area (Å²) in [4.78, 5) is 26.5. The van der Waals surface area contributed by atoms with E-state index in [1.807, 2.05) is 20.8 Å².